The summed E-state index contributed by atoms with van der Waals surface area (Å²) < 4.78 is 10.4. The summed E-state index contributed by atoms with van der Waals surface area (Å²) in [5.74, 6) is 1.40. The fourth-order valence-corrected chi connectivity index (χ4v) is 4.77. The van der Waals surface area contributed by atoms with E-state index in [1.807, 2.05) is 35.8 Å². The number of hydrogen-bond donors (Lipinski definition) is 1. The van der Waals surface area contributed by atoms with Crippen molar-refractivity contribution < 1.29 is 4.74 Å². The van der Waals surface area contributed by atoms with Crippen molar-refractivity contribution in [1.29, 1.82) is 0 Å². The molecule has 1 aromatic carbocycles. The third-order valence-corrected chi connectivity index (χ3v) is 6.43. The zero-order chi connectivity index (χ0) is 23.1. The number of fused-ring (bicyclic) bond motifs is 2. The Hall–Kier alpha value is -3.40. The molecule has 0 spiro atoms. The monoisotopic (exact) mass is 451 g/mol. The van der Waals surface area contributed by atoms with Gasteiger partial charge in [-0.1, -0.05) is 12.1 Å². The van der Waals surface area contributed by atoms with Crippen LogP contribution in [0.3, 0.4) is 0 Å². The Kier molecular flexibility index (Phi) is 5.53. The molecule has 1 atom stereocenters. The summed E-state index contributed by atoms with van der Waals surface area (Å²) >= 11 is 0. The van der Waals surface area contributed by atoms with Crippen LogP contribution in [0.4, 0.5) is 5.95 Å². The third kappa shape index (κ3) is 3.64. The molecule has 33 heavy (non-hydrogen) atoms. The van der Waals surface area contributed by atoms with Gasteiger partial charge < -0.3 is 19.9 Å². The molecule has 2 N–H and O–H groups in total. The normalized spacial score (nSPS) is 18.6. The first-order valence-electron chi connectivity index (χ1n) is 11.5. The quantitative estimate of drug-likeness (QED) is 0.626. The smallest absolute Gasteiger partial charge is 0.332 e. The second kappa shape index (κ2) is 8.51. The van der Waals surface area contributed by atoms with Crippen molar-refractivity contribution in [2.75, 3.05) is 31.1 Å². The molecule has 0 bridgehead atoms. The Balaban J connectivity index is 1.65. The van der Waals surface area contributed by atoms with Crippen molar-refractivity contribution >= 4 is 22.8 Å². The van der Waals surface area contributed by atoms with Crippen molar-refractivity contribution in [3.05, 3.63) is 50.7 Å². The maximum absolute atomic E-state index is 13.7. The molecule has 0 saturated carbocycles. The molecule has 0 aliphatic carbocycles. The number of nitrogens with two attached hydrogens (primary N) is 1. The van der Waals surface area contributed by atoms with Crippen molar-refractivity contribution in [2.24, 2.45) is 17.8 Å². The number of anilines is 1. The largest absolute Gasteiger partial charge is 0.491 e. The van der Waals surface area contributed by atoms with Crippen LogP contribution in [0, 0.1) is 0 Å². The first-order valence-corrected chi connectivity index (χ1v) is 11.5. The molecule has 1 fully saturated rings. The Bertz CT molecular complexity index is 1350. The number of aromatic nitrogens is 4. The lowest BCUT2D eigenvalue weighted by Gasteiger charge is -2.31. The van der Waals surface area contributed by atoms with E-state index >= 15 is 0 Å². The van der Waals surface area contributed by atoms with E-state index < -0.39 is 5.69 Å². The summed E-state index contributed by atoms with van der Waals surface area (Å²) in [5.41, 5.74) is 7.69. The van der Waals surface area contributed by atoms with Gasteiger partial charge in [-0.25, -0.2) is 4.79 Å². The minimum Gasteiger partial charge on any atom is -0.491 e. The Morgan fingerprint density at radius 3 is 2.82 bits per heavy atom. The molecule has 5 rings (SSSR count). The number of ether oxygens (including phenoxy) is 1. The highest BCUT2D eigenvalue weighted by Crippen LogP contribution is 2.24. The number of rotatable bonds is 4. The standard InChI is InChI=1S/C23H29N7O3/c1-3-29-19-20(26-22(29)28-11-6-7-15(24)13-28)27(2)23(32)30(21(19)31)14-17-16-8-4-5-9-18(16)33-12-10-25-17/h4-5,8-9,15H,3,6-7,10-14,24H2,1-2H3. The molecule has 174 valence electrons. The van der Waals surface area contributed by atoms with Gasteiger partial charge in [0.25, 0.3) is 5.56 Å². The van der Waals surface area contributed by atoms with E-state index in [1.54, 1.807) is 7.05 Å². The van der Waals surface area contributed by atoms with E-state index in [0.29, 0.717) is 54.8 Å². The van der Waals surface area contributed by atoms with Crippen LogP contribution in [0.1, 0.15) is 25.3 Å². The molecule has 0 radical (unpaired) electrons. The topological polar surface area (TPSA) is 113 Å². The molecule has 0 amide bonds. The van der Waals surface area contributed by atoms with Crippen LogP contribution in [0.5, 0.6) is 5.75 Å². The first-order chi connectivity index (χ1) is 16.0. The summed E-state index contributed by atoms with van der Waals surface area (Å²) in [6.07, 6.45) is 1.94. The molecule has 10 heteroatoms. The second-order valence-corrected chi connectivity index (χ2v) is 8.58. The number of aryl methyl sites for hydroxylation is 2. The molecular weight excluding hydrogens is 422 g/mol. The van der Waals surface area contributed by atoms with Gasteiger partial charge in [0.05, 0.1) is 18.8 Å². The first kappa shape index (κ1) is 21.4. The van der Waals surface area contributed by atoms with Gasteiger partial charge in [-0.2, -0.15) is 4.98 Å². The van der Waals surface area contributed by atoms with E-state index in [4.69, 9.17) is 15.5 Å². The molecule has 3 aromatic rings. The lowest BCUT2D eigenvalue weighted by Crippen LogP contribution is -2.44. The van der Waals surface area contributed by atoms with E-state index in [1.165, 1.54) is 9.13 Å². The average Bonchev–Trinajstić information content (AvgIpc) is 3.10. The van der Waals surface area contributed by atoms with Crippen LogP contribution in [-0.2, 0) is 20.1 Å². The summed E-state index contributed by atoms with van der Waals surface area (Å²) in [7, 11) is 1.66. The summed E-state index contributed by atoms with van der Waals surface area (Å²) in [6, 6.07) is 7.64. The van der Waals surface area contributed by atoms with Crippen molar-refractivity contribution in [2.45, 2.75) is 38.9 Å². The second-order valence-electron chi connectivity index (χ2n) is 8.58. The minimum absolute atomic E-state index is 0.0693. The molecule has 1 saturated heterocycles. The minimum atomic E-state index is -0.416. The van der Waals surface area contributed by atoms with Gasteiger partial charge in [0.15, 0.2) is 11.2 Å². The van der Waals surface area contributed by atoms with Gasteiger partial charge in [0.1, 0.15) is 12.4 Å². The van der Waals surface area contributed by atoms with Gasteiger partial charge in [0.2, 0.25) is 5.95 Å². The zero-order valence-corrected chi connectivity index (χ0v) is 19.0. The van der Waals surface area contributed by atoms with Crippen molar-refractivity contribution in [3.8, 4) is 5.75 Å². The SMILES string of the molecule is CCn1c(N2CCCC(N)C2)nc2c1c(=O)n(CC1=NCCOc3ccccc31)c(=O)n2C. The highest BCUT2D eigenvalue weighted by molar-refractivity contribution is 6.03. The number of aliphatic imine (C=N–C) groups is 1. The highest BCUT2D eigenvalue weighted by atomic mass is 16.5. The van der Waals surface area contributed by atoms with Gasteiger partial charge in [-0.05, 0) is 31.9 Å². The van der Waals surface area contributed by atoms with Crippen LogP contribution in [0.15, 0.2) is 38.8 Å². The summed E-state index contributed by atoms with van der Waals surface area (Å²) in [4.78, 5) is 38.4. The lowest BCUT2D eigenvalue weighted by molar-refractivity contribution is 0.331. The van der Waals surface area contributed by atoms with Gasteiger partial charge in [-0.3, -0.25) is 18.9 Å². The van der Waals surface area contributed by atoms with Gasteiger partial charge >= 0.3 is 5.69 Å². The Morgan fingerprint density at radius 1 is 1.21 bits per heavy atom. The highest BCUT2D eigenvalue weighted by Gasteiger charge is 2.26. The molecule has 4 heterocycles. The van der Waals surface area contributed by atoms with E-state index in [0.717, 1.165) is 24.9 Å². The van der Waals surface area contributed by atoms with Crippen LogP contribution >= 0.6 is 0 Å². The van der Waals surface area contributed by atoms with E-state index in [-0.39, 0.29) is 18.1 Å². The number of hydrogen-bond acceptors (Lipinski definition) is 7. The Morgan fingerprint density at radius 2 is 2.03 bits per heavy atom. The maximum Gasteiger partial charge on any atom is 0.332 e. The lowest BCUT2D eigenvalue weighted by atomic mass is 10.1. The van der Waals surface area contributed by atoms with Crippen LogP contribution in [0.2, 0.25) is 0 Å². The average molecular weight is 452 g/mol. The van der Waals surface area contributed by atoms with E-state index in [9.17, 15) is 9.59 Å². The molecule has 10 nitrogen and oxygen atoms in total. The molecule has 2 aromatic heterocycles. The molecule has 2 aliphatic rings. The number of benzene rings is 1. The predicted octanol–water partition coefficient (Wildman–Crippen LogP) is 0.726. The number of imidazole rings is 1. The predicted molar refractivity (Wildman–Crippen MR) is 128 cm³/mol. The number of piperidine rings is 1. The molecule has 2 aliphatic heterocycles. The molecule has 1 unspecified atom stereocenters. The van der Waals surface area contributed by atoms with Crippen LogP contribution < -0.4 is 26.6 Å². The zero-order valence-electron chi connectivity index (χ0n) is 19.0. The third-order valence-electron chi connectivity index (χ3n) is 6.43. The Labute approximate surface area is 190 Å². The van der Waals surface area contributed by atoms with Crippen LogP contribution in [-0.4, -0.2) is 56.7 Å². The molecular formula is C23H29N7O3. The van der Waals surface area contributed by atoms with Gasteiger partial charge in [0, 0.05) is 38.3 Å². The number of para-hydroxylation sites is 1. The van der Waals surface area contributed by atoms with E-state index in [2.05, 4.69) is 9.89 Å². The fourth-order valence-electron chi connectivity index (χ4n) is 4.77. The summed E-state index contributed by atoms with van der Waals surface area (Å²) in [5, 5.41) is 0. The van der Waals surface area contributed by atoms with Crippen molar-refractivity contribution in [3.63, 3.8) is 0 Å². The van der Waals surface area contributed by atoms with Crippen LogP contribution in [0.25, 0.3) is 11.2 Å². The van der Waals surface area contributed by atoms with Crippen molar-refractivity contribution in [1.82, 2.24) is 18.7 Å². The maximum atomic E-state index is 13.7. The van der Waals surface area contributed by atoms with Gasteiger partial charge in [-0.15, -0.1) is 0 Å². The number of nitrogens with zero attached hydrogens (tertiary/aromatic N) is 6. The summed E-state index contributed by atoms with van der Waals surface area (Å²) in [6.45, 7) is 5.03. The fraction of sp³-hybridized carbons (Fsp3) is 0.478.